The standard InChI is InChI=1S/C13H16N2O2S/c1-9(10-3-5-12(17-2)6-4-10)14-7-11-8-18-13(16)15-11/h3-6,8-9,14H,7H2,1-2H3,(H,15,16). The minimum atomic E-state index is -0.0103. The minimum Gasteiger partial charge on any atom is -0.497 e. The first-order valence-corrected chi connectivity index (χ1v) is 6.61. The summed E-state index contributed by atoms with van der Waals surface area (Å²) in [7, 11) is 1.66. The molecule has 5 heteroatoms. The Bertz CT molecular complexity index is 545. The number of rotatable bonds is 5. The summed E-state index contributed by atoms with van der Waals surface area (Å²) in [6, 6.07) is 8.18. The van der Waals surface area contributed by atoms with Gasteiger partial charge in [-0.15, -0.1) is 0 Å². The Labute approximate surface area is 110 Å². The molecule has 0 saturated heterocycles. The quantitative estimate of drug-likeness (QED) is 0.871. The average molecular weight is 264 g/mol. The highest BCUT2D eigenvalue weighted by Gasteiger charge is 2.05. The van der Waals surface area contributed by atoms with Gasteiger partial charge in [-0.2, -0.15) is 0 Å². The fourth-order valence-corrected chi connectivity index (χ4v) is 2.26. The molecule has 96 valence electrons. The number of ether oxygens (including phenoxy) is 1. The first kappa shape index (κ1) is 12.9. The Hall–Kier alpha value is -1.59. The SMILES string of the molecule is COc1ccc(C(C)NCc2csc(=O)[nH]2)cc1. The highest BCUT2D eigenvalue weighted by atomic mass is 32.1. The molecular formula is C13H16N2O2S. The largest absolute Gasteiger partial charge is 0.497 e. The lowest BCUT2D eigenvalue weighted by atomic mass is 10.1. The summed E-state index contributed by atoms with van der Waals surface area (Å²) >= 11 is 1.19. The lowest BCUT2D eigenvalue weighted by molar-refractivity contribution is 0.414. The summed E-state index contributed by atoms with van der Waals surface area (Å²) < 4.78 is 5.12. The maximum absolute atomic E-state index is 11.0. The van der Waals surface area contributed by atoms with Crippen LogP contribution >= 0.6 is 11.3 Å². The first-order chi connectivity index (χ1) is 8.69. The molecule has 0 saturated carbocycles. The number of benzene rings is 1. The van der Waals surface area contributed by atoms with Crippen LogP contribution in [0.15, 0.2) is 34.4 Å². The molecule has 1 aromatic heterocycles. The average Bonchev–Trinajstić information content (AvgIpc) is 2.82. The van der Waals surface area contributed by atoms with Gasteiger partial charge in [-0.05, 0) is 24.6 Å². The van der Waals surface area contributed by atoms with Crippen molar-refractivity contribution in [3.63, 3.8) is 0 Å². The molecule has 1 aromatic carbocycles. The van der Waals surface area contributed by atoms with Crippen LogP contribution in [0, 0.1) is 0 Å². The third-order valence-corrected chi connectivity index (χ3v) is 3.50. The first-order valence-electron chi connectivity index (χ1n) is 5.73. The number of thiazole rings is 1. The number of methoxy groups -OCH3 is 1. The van der Waals surface area contributed by atoms with Crippen LogP contribution in [0.5, 0.6) is 5.75 Å². The summed E-state index contributed by atoms with van der Waals surface area (Å²) in [4.78, 5) is 13.8. The molecule has 0 radical (unpaired) electrons. The fourth-order valence-electron chi connectivity index (χ4n) is 1.67. The Kier molecular flexibility index (Phi) is 4.17. The smallest absolute Gasteiger partial charge is 0.304 e. The van der Waals surface area contributed by atoms with E-state index in [-0.39, 0.29) is 10.9 Å². The summed E-state index contributed by atoms with van der Waals surface area (Å²) in [5.41, 5.74) is 2.11. The predicted molar refractivity (Wildman–Crippen MR) is 73.2 cm³/mol. The maximum Gasteiger partial charge on any atom is 0.304 e. The van der Waals surface area contributed by atoms with Crippen molar-refractivity contribution in [2.75, 3.05) is 7.11 Å². The van der Waals surface area contributed by atoms with Crippen molar-refractivity contribution in [1.29, 1.82) is 0 Å². The Balaban J connectivity index is 1.94. The molecule has 0 amide bonds. The molecule has 1 unspecified atom stereocenters. The van der Waals surface area contributed by atoms with Gasteiger partial charge in [0, 0.05) is 23.7 Å². The third kappa shape index (κ3) is 3.21. The second kappa shape index (κ2) is 5.84. The second-order valence-electron chi connectivity index (χ2n) is 4.05. The van der Waals surface area contributed by atoms with Gasteiger partial charge in [0.05, 0.1) is 7.11 Å². The van der Waals surface area contributed by atoms with E-state index in [2.05, 4.69) is 17.2 Å². The number of hydrogen-bond acceptors (Lipinski definition) is 4. The van der Waals surface area contributed by atoms with E-state index in [4.69, 9.17) is 4.74 Å². The van der Waals surface area contributed by atoms with E-state index < -0.39 is 0 Å². The number of nitrogens with one attached hydrogen (secondary N) is 2. The lowest BCUT2D eigenvalue weighted by Gasteiger charge is -2.13. The number of aromatic nitrogens is 1. The normalized spacial score (nSPS) is 12.3. The highest BCUT2D eigenvalue weighted by molar-refractivity contribution is 7.07. The van der Waals surface area contributed by atoms with E-state index in [1.54, 1.807) is 7.11 Å². The highest BCUT2D eigenvalue weighted by Crippen LogP contribution is 2.17. The van der Waals surface area contributed by atoms with Crippen LogP contribution in [0.3, 0.4) is 0 Å². The van der Waals surface area contributed by atoms with Gasteiger partial charge in [0.1, 0.15) is 5.75 Å². The fraction of sp³-hybridized carbons (Fsp3) is 0.308. The van der Waals surface area contributed by atoms with Gasteiger partial charge in [-0.25, -0.2) is 0 Å². The van der Waals surface area contributed by atoms with Crippen LogP contribution in [0.1, 0.15) is 24.2 Å². The van der Waals surface area contributed by atoms with Crippen LogP contribution in [0.4, 0.5) is 0 Å². The summed E-state index contributed by atoms with van der Waals surface area (Å²) in [6.45, 7) is 2.75. The summed E-state index contributed by atoms with van der Waals surface area (Å²) in [6.07, 6.45) is 0. The van der Waals surface area contributed by atoms with E-state index in [9.17, 15) is 4.79 Å². The number of H-pyrrole nitrogens is 1. The minimum absolute atomic E-state index is 0.0103. The molecule has 0 fully saturated rings. The molecule has 0 aliphatic carbocycles. The molecule has 18 heavy (non-hydrogen) atoms. The maximum atomic E-state index is 11.0. The van der Waals surface area contributed by atoms with E-state index in [1.807, 2.05) is 29.6 Å². The van der Waals surface area contributed by atoms with E-state index >= 15 is 0 Å². The second-order valence-corrected chi connectivity index (χ2v) is 4.89. The van der Waals surface area contributed by atoms with E-state index in [1.165, 1.54) is 16.9 Å². The molecule has 4 nitrogen and oxygen atoms in total. The predicted octanol–water partition coefficient (Wildman–Crippen LogP) is 2.30. The summed E-state index contributed by atoms with van der Waals surface area (Å²) in [5, 5.41) is 5.21. The molecule has 2 N–H and O–H groups in total. The monoisotopic (exact) mass is 264 g/mol. The molecule has 0 aliphatic rings. The molecule has 1 heterocycles. The topological polar surface area (TPSA) is 54.1 Å². The molecular weight excluding hydrogens is 248 g/mol. The van der Waals surface area contributed by atoms with Crippen LogP contribution in [0.25, 0.3) is 0 Å². The van der Waals surface area contributed by atoms with Crippen LogP contribution in [0.2, 0.25) is 0 Å². The van der Waals surface area contributed by atoms with Gasteiger partial charge in [0.25, 0.3) is 0 Å². The van der Waals surface area contributed by atoms with Crippen molar-refractivity contribution in [3.8, 4) is 5.75 Å². The Morgan fingerprint density at radius 2 is 2.11 bits per heavy atom. The van der Waals surface area contributed by atoms with Crippen molar-refractivity contribution >= 4 is 11.3 Å². The van der Waals surface area contributed by atoms with E-state index in [0.717, 1.165) is 11.4 Å². The van der Waals surface area contributed by atoms with Crippen LogP contribution < -0.4 is 14.9 Å². The van der Waals surface area contributed by atoms with Crippen molar-refractivity contribution in [1.82, 2.24) is 10.3 Å². The molecule has 1 atom stereocenters. The van der Waals surface area contributed by atoms with Crippen LogP contribution in [-0.2, 0) is 6.54 Å². The van der Waals surface area contributed by atoms with Gasteiger partial charge in [-0.1, -0.05) is 23.5 Å². The van der Waals surface area contributed by atoms with Crippen LogP contribution in [-0.4, -0.2) is 12.1 Å². The van der Waals surface area contributed by atoms with Crippen molar-refractivity contribution in [2.24, 2.45) is 0 Å². The molecule has 2 rings (SSSR count). The van der Waals surface area contributed by atoms with Crippen molar-refractivity contribution in [2.45, 2.75) is 19.5 Å². The summed E-state index contributed by atoms with van der Waals surface area (Å²) in [5.74, 6) is 0.855. The molecule has 2 aromatic rings. The zero-order chi connectivity index (χ0) is 13.0. The van der Waals surface area contributed by atoms with E-state index in [0.29, 0.717) is 6.54 Å². The molecule has 0 aliphatic heterocycles. The van der Waals surface area contributed by atoms with Gasteiger partial charge in [0.15, 0.2) is 0 Å². The lowest BCUT2D eigenvalue weighted by Crippen LogP contribution is -2.18. The Morgan fingerprint density at radius 3 is 2.67 bits per heavy atom. The van der Waals surface area contributed by atoms with Crippen molar-refractivity contribution < 1.29 is 4.74 Å². The number of hydrogen-bond donors (Lipinski definition) is 2. The van der Waals surface area contributed by atoms with Crippen molar-refractivity contribution in [3.05, 3.63) is 50.6 Å². The number of aromatic amines is 1. The molecule has 0 bridgehead atoms. The van der Waals surface area contributed by atoms with Gasteiger partial charge < -0.3 is 15.0 Å². The molecule has 0 spiro atoms. The zero-order valence-corrected chi connectivity index (χ0v) is 11.2. The van der Waals surface area contributed by atoms with Gasteiger partial charge in [-0.3, -0.25) is 4.79 Å². The third-order valence-electron chi connectivity index (χ3n) is 2.79. The van der Waals surface area contributed by atoms with Gasteiger partial charge in [0.2, 0.25) is 0 Å². The zero-order valence-electron chi connectivity index (χ0n) is 10.4. The Morgan fingerprint density at radius 1 is 1.39 bits per heavy atom. The van der Waals surface area contributed by atoms with Gasteiger partial charge >= 0.3 is 4.87 Å².